The first-order valence-corrected chi connectivity index (χ1v) is 6.55. The number of rotatable bonds is 4. The third-order valence-corrected chi connectivity index (χ3v) is 3.70. The van der Waals surface area contributed by atoms with Crippen molar-refractivity contribution in [3.05, 3.63) is 33.5 Å². The number of nitrogen functional groups attached to an aromatic ring is 1. The predicted octanol–water partition coefficient (Wildman–Crippen LogP) is 3.02. The molecule has 0 aliphatic carbocycles. The average molecular weight is 284 g/mol. The van der Waals surface area contributed by atoms with E-state index in [1.807, 2.05) is 30.1 Å². The lowest BCUT2D eigenvalue weighted by Gasteiger charge is -2.18. The van der Waals surface area contributed by atoms with E-state index in [-0.39, 0.29) is 0 Å². The van der Waals surface area contributed by atoms with Crippen molar-refractivity contribution in [2.75, 3.05) is 24.8 Å². The van der Waals surface area contributed by atoms with Crippen molar-refractivity contribution in [3.63, 3.8) is 0 Å². The molecule has 0 radical (unpaired) electrons. The van der Waals surface area contributed by atoms with Crippen molar-refractivity contribution in [3.8, 4) is 5.88 Å². The molecule has 2 heterocycles. The van der Waals surface area contributed by atoms with Crippen LogP contribution in [0.3, 0.4) is 0 Å². The second kappa shape index (κ2) is 5.46. The molecule has 0 saturated carbocycles. The molecule has 96 valence electrons. The highest BCUT2D eigenvalue weighted by molar-refractivity contribution is 7.16. The van der Waals surface area contributed by atoms with Crippen LogP contribution >= 0.6 is 22.9 Å². The summed E-state index contributed by atoms with van der Waals surface area (Å²) in [5, 5.41) is 0. The number of anilines is 2. The minimum Gasteiger partial charge on any atom is -0.479 e. The second-order valence-corrected chi connectivity index (χ2v) is 5.63. The molecule has 0 amide bonds. The summed E-state index contributed by atoms with van der Waals surface area (Å²) in [6.07, 6.45) is 0. The van der Waals surface area contributed by atoms with E-state index in [1.165, 1.54) is 4.88 Å². The lowest BCUT2D eigenvalue weighted by molar-refractivity contribution is 0.400. The molecule has 0 aromatic carbocycles. The molecule has 0 saturated heterocycles. The van der Waals surface area contributed by atoms with Gasteiger partial charge in [0.05, 0.1) is 23.7 Å². The largest absolute Gasteiger partial charge is 0.479 e. The van der Waals surface area contributed by atoms with E-state index in [0.29, 0.717) is 11.6 Å². The van der Waals surface area contributed by atoms with Gasteiger partial charge < -0.3 is 15.4 Å². The van der Waals surface area contributed by atoms with Crippen LogP contribution in [0.25, 0.3) is 0 Å². The second-order valence-electron chi connectivity index (χ2n) is 3.83. The van der Waals surface area contributed by atoms with Crippen LogP contribution < -0.4 is 15.4 Å². The van der Waals surface area contributed by atoms with E-state index < -0.39 is 0 Å². The van der Waals surface area contributed by atoms with Crippen LogP contribution in [0, 0.1) is 0 Å². The summed E-state index contributed by atoms with van der Waals surface area (Å²) in [5.41, 5.74) is 6.27. The maximum atomic E-state index is 5.91. The molecule has 18 heavy (non-hydrogen) atoms. The van der Waals surface area contributed by atoms with E-state index in [9.17, 15) is 0 Å². The van der Waals surface area contributed by atoms with Gasteiger partial charge in [-0.15, -0.1) is 11.3 Å². The summed E-state index contributed by atoms with van der Waals surface area (Å²) in [7, 11) is 3.52. The summed E-state index contributed by atoms with van der Waals surface area (Å²) in [6, 6.07) is 7.57. The van der Waals surface area contributed by atoms with Crippen LogP contribution in [-0.2, 0) is 6.54 Å². The number of hydrogen-bond acceptors (Lipinski definition) is 5. The molecule has 2 aromatic rings. The number of nitrogens with two attached hydrogens (primary N) is 1. The third kappa shape index (κ3) is 2.86. The molecule has 0 aliphatic rings. The number of methoxy groups -OCH3 is 1. The van der Waals surface area contributed by atoms with Gasteiger partial charge in [-0.2, -0.15) is 4.98 Å². The molecule has 4 nitrogen and oxygen atoms in total. The Balaban J connectivity index is 2.15. The van der Waals surface area contributed by atoms with Crippen molar-refractivity contribution in [2.24, 2.45) is 0 Å². The summed E-state index contributed by atoms with van der Waals surface area (Å²) in [6.45, 7) is 0.747. The van der Waals surface area contributed by atoms with E-state index in [4.69, 9.17) is 22.1 Å². The molecule has 2 N–H and O–H groups in total. The quantitative estimate of drug-likeness (QED) is 0.937. The minimum atomic E-state index is 0.448. The van der Waals surface area contributed by atoms with Gasteiger partial charge in [0.1, 0.15) is 5.82 Å². The zero-order valence-corrected chi connectivity index (χ0v) is 11.8. The zero-order chi connectivity index (χ0) is 13.1. The van der Waals surface area contributed by atoms with Gasteiger partial charge in [-0.3, -0.25) is 0 Å². The lowest BCUT2D eigenvalue weighted by atomic mass is 10.3. The van der Waals surface area contributed by atoms with E-state index >= 15 is 0 Å². The van der Waals surface area contributed by atoms with Gasteiger partial charge in [-0.05, 0) is 24.3 Å². The number of aromatic nitrogens is 1. The Hall–Kier alpha value is -1.46. The molecule has 0 aliphatic heterocycles. The Morgan fingerprint density at radius 1 is 1.39 bits per heavy atom. The first kappa shape index (κ1) is 13.0. The van der Waals surface area contributed by atoms with Gasteiger partial charge in [0.2, 0.25) is 5.88 Å². The molecular formula is C12H14ClN3OS. The van der Waals surface area contributed by atoms with Crippen molar-refractivity contribution in [2.45, 2.75) is 6.54 Å². The molecule has 6 heteroatoms. The Labute approximate surface area is 115 Å². The van der Waals surface area contributed by atoms with Crippen molar-refractivity contribution in [1.82, 2.24) is 4.98 Å². The topological polar surface area (TPSA) is 51.4 Å². The van der Waals surface area contributed by atoms with Crippen LogP contribution in [0.15, 0.2) is 24.3 Å². The summed E-state index contributed by atoms with van der Waals surface area (Å²) >= 11 is 7.47. The van der Waals surface area contributed by atoms with Crippen molar-refractivity contribution >= 4 is 34.4 Å². The Bertz CT molecular complexity index is 544. The van der Waals surface area contributed by atoms with Crippen LogP contribution in [0.2, 0.25) is 4.34 Å². The smallest absolute Gasteiger partial charge is 0.238 e. The maximum absolute atomic E-state index is 5.91. The van der Waals surface area contributed by atoms with Crippen LogP contribution in [-0.4, -0.2) is 19.1 Å². The maximum Gasteiger partial charge on any atom is 0.238 e. The lowest BCUT2D eigenvalue weighted by Crippen LogP contribution is -2.17. The summed E-state index contributed by atoms with van der Waals surface area (Å²) in [4.78, 5) is 7.54. The minimum absolute atomic E-state index is 0.448. The number of ether oxygens (including phenoxy) is 1. The summed E-state index contributed by atoms with van der Waals surface area (Å²) in [5.74, 6) is 1.26. The highest BCUT2D eigenvalue weighted by Crippen LogP contribution is 2.26. The van der Waals surface area contributed by atoms with Gasteiger partial charge in [0.15, 0.2) is 0 Å². The van der Waals surface area contributed by atoms with E-state index in [2.05, 4.69) is 4.98 Å². The third-order valence-electron chi connectivity index (χ3n) is 2.48. The van der Waals surface area contributed by atoms with Crippen molar-refractivity contribution < 1.29 is 4.74 Å². The molecule has 0 spiro atoms. The highest BCUT2D eigenvalue weighted by atomic mass is 35.5. The Morgan fingerprint density at radius 3 is 2.78 bits per heavy atom. The van der Waals surface area contributed by atoms with Crippen LogP contribution in [0.1, 0.15) is 4.88 Å². The standard InChI is InChI=1S/C12H14ClN3OS/c1-16(7-8-3-5-10(13)18-8)11-6-4-9(14)12(15-11)17-2/h3-6H,7,14H2,1-2H3. The fraction of sp³-hybridized carbons (Fsp3) is 0.250. The molecule has 0 unspecified atom stereocenters. The SMILES string of the molecule is COc1nc(N(C)Cc2ccc(Cl)s2)ccc1N. The molecule has 2 aromatic heterocycles. The number of pyridine rings is 1. The molecule has 0 bridgehead atoms. The molecular weight excluding hydrogens is 270 g/mol. The normalized spacial score (nSPS) is 10.4. The number of nitrogens with zero attached hydrogens (tertiary/aromatic N) is 2. The monoisotopic (exact) mass is 283 g/mol. The molecule has 0 fully saturated rings. The Kier molecular flexibility index (Phi) is 3.93. The Morgan fingerprint density at radius 2 is 2.17 bits per heavy atom. The fourth-order valence-electron chi connectivity index (χ4n) is 1.57. The predicted molar refractivity (Wildman–Crippen MR) is 76.6 cm³/mol. The van der Waals surface area contributed by atoms with Gasteiger partial charge in [0.25, 0.3) is 0 Å². The van der Waals surface area contributed by atoms with E-state index in [1.54, 1.807) is 24.5 Å². The van der Waals surface area contributed by atoms with Crippen LogP contribution in [0.4, 0.5) is 11.5 Å². The zero-order valence-electron chi connectivity index (χ0n) is 10.2. The number of halogens is 1. The average Bonchev–Trinajstić information content (AvgIpc) is 2.75. The van der Waals surface area contributed by atoms with Gasteiger partial charge >= 0.3 is 0 Å². The number of hydrogen-bond donors (Lipinski definition) is 1. The van der Waals surface area contributed by atoms with Gasteiger partial charge in [-0.1, -0.05) is 11.6 Å². The first-order chi connectivity index (χ1) is 8.60. The van der Waals surface area contributed by atoms with Gasteiger partial charge in [-0.25, -0.2) is 0 Å². The molecule has 0 atom stereocenters. The van der Waals surface area contributed by atoms with E-state index in [0.717, 1.165) is 16.7 Å². The fourth-order valence-corrected chi connectivity index (χ4v) is 2.71. The highest BCUT2D eigenvalue weighted by Gasteiger charge is 2.08. The molecule has 2 rings (SSSR count). The number of thiophene rings is 1. The summed E-state index contributed by atoms with van der Waals surface area (Å²) < 4.78 is 5.90. The van der Waals surface area contributed by atoms with Crippen molar-refractivity contribution in [1.29, 1.82) is 0 Å². The van der Waals surface area contributed by atoms with Gasteiger partial charge in [0, 0.05) is 11.9 Å². The first-order valence-electron chi connectivity index (χ1n) is 5.36. The van der Waals surface area contributed by atoms with Crippen LogP contribution in [0.5, 0.6) is 5.88 Å².